The minimum atomic E-state index is 0.558. The van der Waals surface area contributed by atoms with Crippen molar-refractivity contribution in [2.45, 2.75) is 90.9 Å². The number of hydrogen-bond donors (Lipinski definition) is 1. The summed E-state index contributed by atoms with van der Waals surface area (Å²) < 4.78 is 5.61. The first kappa shape index (κ1) is 19.9. The summed E-state index contributed by atoms with van der Waals surface area (Å²) in [5, 5.41) is 0. The first-order valence-electron chi connectivity index (χ1n) is 9.59. The Hall–Kier alpha value is -1.18. The van der Waals surface area contributed by atoms with E-state index in [2.05, 4.69) is 39.8 Å². The van der Waals surface area contributed by atoms with Crippen LogP contribution in [0.5, 0.6) is 5.75 Å². The Bertz CT molecular complexity index is 406. The van der Waals surface area contributed by atoms with Gasteiger partial charge in [-0.3, -0.25) is 0 Å². The van der Waals surface area contributed by atoms with Gasteiger partial charge in [-0.05, 0) is 60.8 Å². The summed E-state index contributed by atoms with van der Waals surface area (Å²) in [6.45, 7) is 9.04. The van der Waals surface area contributed by atoms with Crippen LogP contribution in [-0.2, 0) is 0 Å². The summed E-state index contributed by atoms with van der Waals surface area (Å²) in [5.74, 6) is 2.09. The lowest BCUT2D eigenvalue weighted by Crippen LogP contribution is -2.10. The average Bonchev–Trinajstić information content (AvgIpc) is 2.55. The van der Waals surface area contributed by atoms with E-state index in [-0.39, 0.29) is 0 Å². The van der Waals surface area contributed by atoms with Crippen LogP contribution in [0.15, 0.2) is 12.1 Å². The highest BCUT2D eigenvalue weighted by Gasteiger charge is 2.21. The number of hydrogen-bond acceptors (Lipinski definition) is 2. The van der Waals surface area contributed by atoms with E-state index < -0.39 is 0 Å². The number of rotatable bonds is 11. The minimum Gasteiger partial charge on any atom is -0.497 e. The Morgan fingerprint density at radius 2 is 1.13 bits per heavy atom. The Balaban J connectivity index is 3.32. The number of nitrogen functional groups attached to an aromatic ring is 1. The second kappa shape index (κ2) is 10.6. The molecule has 2 nitrogen and oxygen atoms in total. The number of ether oxygens (including phenoxy) is 1. The van der Waals surface area contributed by atoms with E-state index in [1.165, 1.54) is 62.5 Å². The fraction of sp³-hybridized carbons (Fsp3) is 0.714. The molecular formula is C21H37NO. The van der Waals surface area contributed by atoms with Crippen molar-refractivity contribution in [1.29, 1.82) is 0 Å². The highest BCUT2D eigenvalue weighted by Crippen LogP contribution is 2.40. The first-order valence-corrected chi connectivity index (χ1v) is 9.59. The van der Waals surface area contributed by atoms with E-state index in [0.717, 1.165) is 11.4 Å². The zero-order valence-corrected chi connectivity index (χ0v) is 16.0. The molecule has 0 heterocycles. The molecular weight excluding hydrogens is 282 g/mol. The largest absolute Gasteiger partial charge is 0.497 e. The Labute approximate surface area is 143 Å². The Morgan fingerprint density at radius 1 is 0.783 bits per heavy atom. The first-order chi connectivity index (χ1) is 11.1. The molecule has 0 unspecified atom stereocenters. The number of anilines is 1. The lowest BCUT2D eigenvalue weighted by atomic mass is 9.83. The van der Waals surface area contributed by atoms with Gasteiger partial charge in [0.1, 0.15) is 5.75 Å². The lowest BCUT2D eigenvalue weighted by molar-refractivity contribution is 0.411. The SMILES string of the molecule is CCCC(CCC)c1cc(OC)cc(C(CCC)CCC)c1N. The van der Waals surface area contributed by atoms with Gasteiger partial charge in [0.25, 0.3) is 0 Å². The summed E-state index contributed by atoms with van der Waals surface area (Å²) in [6.07, 6.45) is 9.61. The molecule has 0 saturated heterocycles. The normalized spacial score (nSPS) is 11.4. The molecule has 1 rings (SSSR count). The van der Waals surface area contributed by atoms with Crippen LogP contribution >= 0.6 is 0 Å². The monoisotopic (exact) mass is 319 g/mol. The minimum absolute atomic E-state index is 0.558. The van der Waals surface area contributed by atoms with Crippen LogP contribution in [-0.4, -0.2) is 7.11 Å². The molecule has 132 valence electrons. The average molecular weight is 320 g/mol. The van der Waals surface area contributed by atoms with Gasteiger partial charge in [0.05, 0.1) is 7.11 Å². The van der Waals surface area contributed by atoms with Gasteiger partial charge in [0, 0.05) is 5.69 Å². The smallest absolute Gasteiger partial charge is 0.119 e. The molecule has 1 aromatic rings. The van der Waals surface area contributed by atoms with Gasteiger partial charge in [-0.25, -0.2) is 0 Å². The molecule has 0 radical (unpaired) electrons. The molecule has 0 aliphatic carbocycles. The molecule has 0 amide bonds. The zero-order chi connectivity index (χ0) is 17.2. The summed E-state index contributed by atoms with van der Waals surface area (Å²) >= 11 is 0. The van der Waals surface area contributed by atoms with Gasteiger partial charge in [-0.2, -0.15) is 0 Å². The van der Waals surface area contributed by atoms with Crippen molar-refractivity contribution in [3.8, 4) is 5.75 Å². The van der Waals surface area contributed by atoms with Crippen molar-refractivity contribution in [2.75, 3.05) is 12.8 Å². The maximum Gasteiger partial charge on any atom is 0.119 e. The quantitative estimate of drug-likeness (QED) is 0.464. The highest BCUT2D eigenvalue weighted by molar-refractivity contribution is 5.60. The molecule has 23 heavy (non-hydrogen) atoms. The third-order valence-electron chi connectivity index (χ3n) is 4.88. The number of benzene rings is 1. The van der Waals surface area contributed by atoms with Crippen molar-refractivity contribution in [3.05, 3.63) is 23.3 Å². The van der Waals surface area contributed by atoms with Crippen molar-refractivity contribution < 1.29 is 4.74 Å². The van der Waals surface area contributed by atoms with Crippen molar-refractivity contribution in [1.82, 2.24) is 0 Å². The standard InChI is InChI=1S/C21H37NO/c1-6-10-16(11-7-2)19-14-18(23-5)15-20(21(19)22)17(12-8-3)13-9-4/h14-17H,6-13,22H2,1-5H3. The highest BCUT2D eigenvalue weighted by atomic mass is 16.5. The Morgan fingerprint density at radius 3 is 1.39 bits per heavy atom. The van der Waals surface area contributed by atoms with Crippen LogP contribution in [0.1, 0.15) is 102 Å². The fourth-order valence-corrected chi connectivity index (χ4v) is 3.77. The van der Waals surface area contributed by atoms with E-state index in [1.54, 1.807) is 7.11 Å². The molecule has 0 bridgehead atoms. The van der Waals surface area contributed by atoms with Crippen molar-refractivity contribution in [2.24, 2.45) is 0 Å². The van der Waals surface area contributed by atoms with E-state index >= 15 is 0 Å². The van der Waals surface area contributed by atoms with Crippen LogP contribution in [0, 0.1) is 0 Å². The molecule has 0 aliphatic rings. The molecule has 0 fully saturated rings. The van der Waals surface area contributed by atoms with Crippen LogP contribution in [0.3, 0.4) is 0 Å². The van der Waals surface area contributed by atoms with Gasteiger partial charge in [-0.1, -0.05) is 53.4 Å². The van der Waals surface area contributed by atoms with Crippen LogP contribution < -0.4 is 10.5 Å². The molecule has 0 aromatic heterocycles. The molecule has 0 saturated carbocycles. The van der Waals surface area contributed by atoms with E-state index in [4.69, 9.17) is 10.5 Å². The number of nitrogens with two attached hydrogens (primary N) is 1. The van der Waals surface area contributed by atoms with E-state index in [9.17, 15) is 0 Å². The maximum absolute atomic E-state index is 6.67. The predicted molar refractivity (Wildman–Crippen MR) is 103 cm³/mol. The summed E-state index contributed by atoms with van der Waals surface area (Å²) in [6, 6.07) is 4.37. The molecule has 2 N–H and O–H groups in total. The van der Waals surface area contributed by atoms with Crippen LogP contribution in [0.25, 0.3) is 0 Å². The van der Waals surface area contributed by atoms with Gasteiger partial charge < -0.3 is 10.5 Å². The van der Waals surface area contributed by atoms with Crippen molar-refractivity contribution >= 4 is 5.69 Å². The maximum atomic E-state index is 6.67. The molecule has 0 atom stereocenters. The van der Waals surface area contributed by atoms with Gasteiger partial charge in [0.15, 0.2) is 0 Å². The van der Waals surface area contributed by atoms with E-state index in [1.807, 2.05) is 0 Å². The molecule has 0 spiro atoms. The number of methoxy groups -OCH3 is 1. The molecule has 2 heteroatoms. The van der Waals surface area contributed by atoms with Crippen LogP contribution in [0.2, 0.25) is 0 Å². The summed E-state index contributed by atoms with van der Waals surface area (Å²) in [5.41, 5.74) is 10.3. The zero-order valence-electron chi connectivity index (χ0n) is 16.0. The topological polar surface area (TPSA) is 35.2 Å². The lowest BCUT2D eigenvalue weighted by Gasteiger charge is -2.25. The van der Waals surface area contributed by atoms with Gasteiger partial charge >= 0.3 is 0 Å². The van der Waals surface area contributed by atoms with Gasteiger partial charge in [0.2, 0.25) is 0 Å². The fourth-order valence-electron chi connectivity index (χ4n) is 3.77. The second-order valence-electron chi connectivity index (χ2n) is 6.77. The second-order valence-corrected chi connectivity index (χ2v) is 6.77. The van der Waals surface area contributed by atoms with E-state index in [0.29, 0.717) is 11.8 Å². The summed E-state index contributed by atoms with van der Waals surface area (Å²) in [7, 11) is 1.77. The molecule has 1 aromatic carbocycles. The molecule has 0 aliphatic heterocycles. The third kappa shape index (κ3) is 5.44. The Kier molecular flexibility index (Phi) is 9.13. The predicted octanol–water partition coefficient (Wildman–Crippen LogP) is 6.65. The van der Waals surface area contributed by atoms with Gasteiger partial charge in [-0.15, -0.1) is 0 Å². The third-order valence-corrected chi connectivity index (χ3v) is 4.88. The van der Waals surface area contributed by atoms with Crippen molar-refractivity contribution in [3.63, 3.8) is 0 Å². The summed E-state index contributed by atoms with van der Waals surface area (Å²) in [4.78, 5) is 0. The van der Waals surface area contributed by atoms with Crippen LogP contribution in [0.4, 0.5) is 5.69 Å².